The minimum atomic E-state index is -3.53. The molecular weight excluding hydrogens is 414 g/mol. The molecule has 2 atom stereocenters. The van der Waals surface area contributed by atoms with E-state index >= 15 is 0 Å². The van der Waals surface area contributed by atoms with Crippen LogP contribution in [0.5, 0.6) is 0 Å². The standard InChI is InChI=1S/C26H28F2O4/c1-24(27,28)22(29)32-26-14-17-11-18(15-26)13-25(12-17,16-26)23(30)31-10-9-20-7-4-6-19-5-2-3-8-21(19)20/h2-8,17-18H,9-16H2,1H3. The molecule has 4 bridgehead atoms. The van der Waals surface area contributed by atoms with E-state index in [1.165, 1.54) is 0 Å². The van der Waals surface area contributed by atoms with Crippen molar-refractivity contribution < 1.29 is 27.8 Å². The first-order valence-corrected chi connectivity index (χ1v) is 11.4. The molecule has 0 spiro atoms. The molecule has 4 aliphatic rings. The molecule has 0 N–H and O–H groups in total. The number of ether oxygens (including phenoxy) is 2. The Morgan fingerprint density at radius 3 is 2.44 bits per heavy atom. The number of hydrogen-bond acceptors (Lipinski definition) is 4. The van der Waals surface area contributed by atoms with Gasteiger partial charge in [0.2, 0.25) is 0 Å². The number of halogens is 2. The number of alkyl halides is 2. The predicted octanol–water partition coefficient (Wildman–Crippen LogP) is 5.46. The van der Waals surface area contributed by atoms with Crippen LogP contribution in [0.15, 0.2) is 42.5 Å². The molecule has 0 saturated heterocycles. The Bertz CT molecular complexity index is 1040. The van der Waals surface area contributed by atoms with Crippen molar-refractivity contribution in [2.75, 3.05) is 6.61 Å². The maximum Gasteiger partial charge on any atom is 0.377 e. The maximum atomic E-state index is 13.5. The highest BCUT2D eigenvalue weighted by Crippen LogP contribution is 2.63. The monoisotopic (exact) mass is 442 g/mol. The molecule has 2 unspecified atom stereocenters. The van der Waals surface area contributed by atoms with Crippen molar-refractivity contribution in [3.63, 3.8) is 0 Å². The number of rotatable bonds is 6. The van der Waals surface area contributed by atoms with E-state index in [2.05, 4.69) is 18.2 Å². The van der Waals surface area contributed by atoms with Crippen LogP contribution in [0.3, 0.4) is 0 Å². The Morgan fingerprint density at radius 1 is 1.03 bits per heavy atom. The fourth-order valence-electron chi connectivity index (χ4n) is 6.74. The number of fused-ring (bicyclic) bond motifs is 1. The molecule has 0 radical (unpaired) electrons. The van der Waals surface area contributed by atoms with E-state index in [1.54, 1.807) is 0 Å². The molecule has 0 aliphatic heterocycles. The third-order valence-corrected chi connectivity index (χ3v) is 7.59. The van der Waals surface area contributed by atoms with Gasteiger partial charge in [-0.15, -0.1) is 0 Å². The van der Waals surface area contributed by atoms with Crippen LogP contribution >= 0.6 is 0 Å². The zero-order chi connectivity index (χ0) is 22.6. The Morgan fingerprint density at radius 2 is 1.72 bits per heavy atom. The summed E-state index contributed by atoms with van der Waals surface area (Å²) in [5.74, 6) is -4.87. The zero-order valence-electron chi connectivity index (χ0n) is 18.2. The Hall–Kier alpha value is -2.50. The van der Waals surface area contributed by atoms with Crippen LogP contribution in [0.4, 0.5) is 8.78 Å². The highest BCUT2D eigenvalue weighted by Gasteiger charge is 2.63. The van der Waals surface area contributed by atoms with Gasteiger partial charge in [-0.2, -0.15) is 8.78 Å². The fraction of sp³-hybridized carbons (Fsp3) is 0.538. The van der Waals surface area contributed by atoms with Crippen LogP contribution in [-0.2, 0) is 25.5 Å². The number of carbonyl (C=O) groups is 2. The topological polar surface area (TPSA) is 52.6 Å². The molecule has 6 rings (SSSR count). The van der Waals surface area contributed by atoms with E-state index in [-0.39, 0.29) is 24.4 Å². The lowest BCUT2D eigenvalue weighted by molar-refractivity contribution is -0.224. The Labute approximate surface area is 186 Å². The van der Waals surface area contributed by atoms with Crippen LogP contribution in [0.25, 0.3) is 10.8 Å². The number of hydrogen-bond donors (Lipinski definition) is 0. The summed E-state index contributed by atoms with van der Waals surface area (Å²) < 4.78 is 38.2. The molecule has 170 valence electrons. The van der Waals surface area contributed by atoms with Gasteiger partial charge >= 0.3 is 17.9 Å². The van der Waals surface area contributed by atoms with E-state index in [1.807, 2.05) is 24.3 Å². The summed E-state index contributed by atoms with van der Waals surface area (Å²) in [6, 6.07) is 14.2. The molecule has 4 fully saturated rings. The van der Waals surface area contributed by atoms with Crippen LogP contribution in [0, 0.1) is 17.3 Å². The third-order valence-electron chi connectivity index (χ3n) is 7.59. The zero-order valence-corrected chi connectivity index (χ0v) is 18.2. The van der Waals surface area contributed by atoms with E-state index in [0.29, 0.717) is 45.4 Å². The molecule has 6 heteroatoms. The average molecular weight is 443 g/mol. The summed E-state index contributed by atoms with van der Waals surface area (Å²) in [5, 5.41) is 2.29. The molecule has 4 nitrogen and oxygen atoms in total. The van der Waals surface area contributed by atoms with Gasteiger partial charge < -0.3 is 9.47 Å². The molecule has 32 heavy (non-hydrogen) atoms. The molecule has 2 aromatic rings. The Kier molecular flexibility index (Phi) is 5.02. The molecule has 0 aromatic heterocycles. The quantitative estimate of drug-likeness (QED) is 0.557. The van der Waals surface area contributed by atoms with E-state index < -0.39 is 22.9 Å². The molecule has 0 amide bonds. The first kappa shape index (κ1) is 21.4. The minimum Gasteiger partial charge on any atom is -0.465 e. The average Bonchev–Trinajstić information content (AvgIpc) is 2.72. The van der Waals surface area contributed by atoms with E-state index in [4.69, 9.17) is 9.47 Å². The molecule has 0 heterocycles. The van der Waals surface area contributed by atoms with Crippen LogP contribution < -0.4 is 0 Å². The van der Waals surface area contributed by atoms with Gasteiger partial charge in [0.1, 0.15) is 5.60 Å². The van der Waals surface area contributed by atoms with Gasteiger partial charge in [-0.3, -0.25) is 4.79 Å². The van der Waals surface area contributed by atoms with Gasteiger partial charge in [0.15, 0.2) is 0 Å². The highest BCUT2D eigenvalue weighted by atomic mass is 19.3. The van der Waals surface area contributed by atoms with E-state index in [0.717, 1.165) is 22.8 Å². The van der Waals surface area contributed by atoms with E-state index in [9.17, 15) is 18.4 Å². The van der Waals surface area contributed by atoms with Crippen molar-refractivity contribution in [1.82, 2.24) is 0 Å². The summed E-state index contributed by atoms with van der Waals surface area (Å²) >= 11 is 0. The minimum absolute atomic E-state index is 0.208. The molecule has 4 aliphatic carbocycles. The lowest BCUT2D eigenvalue weighted by Crippen LogP contribution is -2.60. The third kappa shape index (κ3) is 3.78. The lowest BCUT2D eigenvalue weighted by atomic mass is 9.48. The van der Waals surface area contributed by atoms with Crippen molar-refractivity contribution in [2.45, 2.75) is 63.4 Å². The number of carbonyl (C=O) groups excluding carboxylic acids is 2. The Balaban J connectivity index is 1.29. The van der Waals surface area contributed by atoms with Gasteiger partial charge in [0.25, 0.3) is 0 Å². The van der Waals surface area contributed by atoms with Crippen molar-refractivity contribution in [3.8, 4) is 0 Å². The normalized spacial score (nSPS) is 31.0. The van der Waals surface area contributed by atoms with Crippen molar-refractivity contribution in [1.29, 1.82) is 0 Å². The van der Waals surface area contributed by atoms with Crippen LogP contribution in [-0.4, -0.2) is 30.1 Å². The number of benzene rings is 2. The van der Waals surface area contributed by atoms with Crippen LogP contribution in [0.2, 0.25) is 0 Å². The second-order valence-corrected chi connectivity index (χ2v) is 10.2. The summed E-state index contributed by atoms with van der Waals surface area (Å²) in [6.45, 7) is 0.830. The fourth-order valence-corrected chi connectivity index (χ4v) is 6.74. The molecule has 2 aromatic carbocycles. The summed E-state index contributed by atoms with van der Waals surface area (Å²) in [7, 11) is 0. The first-order chi connectivity index (χ1) is 15.2. The maximum absolute atomic E-state index is 13.5. The van der Waals surface area contributed by atoms with Gasteiger partial charge in [-0.25, -0.2) is 4.79 Å². The largest absolute Gasteiger partial charge is 0.465 e. The number of esters is 2. The summed E-state index contributed by atoms with van der Waals surface area (Å²) in [6.07, 6.45) is 4.39. The summed E-state index contributed by atoms with van der Waals surface area (Å²) in [5.41, 5.74) is -0.571. The molecular formula is C26H28F2O4. The SMILES string of the molecule is CC(F)(F)C(=O)OC12CC3CC(C1)CC(C(=O)OCCc1cccc4ccccc14)(C3)C2. The van der Waals surface area contributed by atoms with Gasteiger partial charge in [-0.1, -0.05) is 42.5 Å². The first-order valence-electron chi connectivity index (χ1n) is 11.4. The lowest BCUT2D eigenvalue weighted by Gasteiger charge is -2.59. The second kappa shape index (κ2) is 7.53. The van der Waals surface area contributed by atoms with Crippen LogP contribution in [0.1, 0.15) is 51.0 Å². The second-order valence-electron chi connectivity index (χ2n) is 10.2. The summed E-state index contributed by atoms with van der Waals surface area (Å²) in [4.78, 5) is 25.2. The van der Waals surface area contributed by atoms with Crippen molar-refractivity contribution in [2.24, 2.45) is 17.3 Å². The predicted molar refractivity (Wildman–Crippen MR) is 115 cm³/mol. The van der Waals surface area contributed by atoms with Crippen molar-refractivity contribution in [3.05, 3.63) is 48.0 Å². The van der Waals surface area contributed by atoms with Gasteiger partial charge in [0.05, 0.1) is 12.0 Å². The van der Waals surface area contributed by atoms with Gasteiger partial charge in [0, 0.05) is 19.8 Å². The molecule has 4 saturated carbocycles. The van der Waals surface area contributed by atoms with Gasteiger partial charge in [-0.05, 0) is 60.3 Å². The highest BCUT2D eigenvalue weighted by molar-refractivity contribution is 5.85. The smallest absolute Gasteiger partial charge is 0.377 e. The van der Waals surface area contributed by atoms with Crippen molar-refractivity contribution >= 4 is 22.7 Å².